The summed E-state index contributed by atoms with van der Waals surface area (Å²) in [6.07, 6.45) is 5.74. The zero-order chi connectivity index (χ0) is 21.4. The number of aromatic nitrogens is 4. The van der Waals surface area contributed by atoms with Gasteiger partial charge in [0, 0.05) is 23.9 Å². The van der Waals surface area contributed by atoms with Gasteiger partial charge in [0.15, 0.2) is 6.61 Å². The lowest BCUT2D eigenvalue weighted by Crippen LogP contribution is -2.42. The first-order chi connectivity index (χ1) is 14.3. The van der Waals surface area contributed by atoms with Gasteiger partial charge in [-0.15, -0.1) is 5.10 Å². The van der Waals surface area contributed by atoms with Gasteiger partial charge in [0.2, 0.25) is 5.95 Å². The van der Waals surface area contributed by atoms with Crippen LogP contribution in [0.1, 0.15) is 56.0 Å². The van der Waals surface area contributed by atoms with Crippen LogP contribution >= 0.6 is 0 Å². The molecule has 0 saturated heterocycles. The first-order valence-electron chi connectivity index (χ1n) is 10.7. The Morgan fingerprint density at radius 2 is 2.07 bits per heavy atom. The standard InChI is InChI=1S/C21H30N6O3/c1-11-16(13(3)27-21(24-11)25-20(22)26-27)6-7-19(29)30-10-18(28)23-12(2)17-9-14-4-5-15(17)8-14/h12,14-15,17H,4-10H2,1-3H3,(H2,22,26)(H,23,28)/t12-,14-,15-,17+/m0/s1. The molecular weight excluding hydrogens is 384 g/mol. The van der Waals surface area contributed by atoms with Crippen LogP contribution in [0.15, 0.2) is 0 Å². The highest BCUT2D eigenvalue weighted by molar-refractivity contribution is 5.80. The number of hydrogen-bond donors (Lipinski definition) is 2. The van der Waals surface area contributed by atoms with Gasteiger partial charge in [0.05, 0.1) is 0 Å². The summed E-state index contributed by atoms with van der Waals surface area (Å²) in [6, 6.07) is 0.129. The summed E-state index contributed by atoms with van der Waals surface area (Å²) in [7, 11) is 0. The highest BCUT2D eigenvalue weighted by Crippen LogP contribution is 2.49. The molecule has 162 valence electrons. The Hall–Kier alpha value is -2.71. The molecule has 2 aromatic rings. The molecule has 2 saturated carbocycles. The van der Waals surface area contributed by atoms with Crippen molar-refractivity contribution in [3.8, 4) is 0 Å². The van der Waals surface area contributed by atoms with E-state index in [4.69, 9.17) is 10.5 Å². The number of fused-ring (bicyclic) bond motifs is 3. The topological polar surface area (TPSA) is 124 Å². The largest absolute Gasteiger partial charge is 0.456 e. The van der Waals surface area contributed by atoms with Crippen LogP contribution in [0.25, 0.3) is 5.78 Å². The molecule has 2 aliphatic rings. The van der Waals surface area contributed by atoms with E-state index in [1.807, 2.05) is 13.8 Å². The lowest BCUT2D eigenvalue weighted by molar-refractivity contribution is -0.148. The number of carbonyl (C=O) groups excluding carboxylic acids is 2. The second kappa shape index (κ2) is 8.20. The van der Waals surface area contributed by atoms with E-state index in [1.165, 1.54) is 25.7 Å². The van der Waals surface area contributed by atoms with Crippen molar-refractivity contribution in [1.29, 1.82) is 0 Å². The molecular formula is C21H30N6O3. The first kappa shape index (κ1) is 20.6. The maximum atomic E-state index is 12.2. The Morgan fingerprint density at radius 3 is 2.77 bits per heavy atom. The van der Waals surface area contributed by atoms with Crippen molar-refractivity contribution in [3.05, 3.63) is 17.0 Å². The molecule has 0 unspecified atom stereocenters. The zero-order valence-electron chi connectivity index (χ0n) is 17.9. The number of nitrogens with two attached hydrogens (primary N) is 1. The maximum Gasteiger partial charge on any atom is 0.306 e. The highest BCUT2D eigenvalue weighted by atomic mass is 16.5. The average molecular weight is 415 g/mol. The number of carbonyl (C=O) groups is 2. The highest BCUT2D eigenvalue weighted by Gasteiger charge is 2.42. The van der Waals surface area contributed by atoms with Crippen molar-refractivity contribution in [2.24, 2.45) is 17.8 Å². The van der Waals surface area contributed by atoms with E-state index in [0.29, 0.717) is 18.1 Å². The number of anilines is 1. The van der Waals surface area contributed by atoms with Gasteiger partial charge in [-0.2, -0.15) is 9.50 Å². The van der Waals surface area contributed by atoms with Crippen LogP contribution in [-0.4, -0.2) is 44.1 Å². The van der Waals surface area contributed by atoms with E-state index >= 15 is 0 Å². The summed E-state index contributed by atoms with van der Waals surface area (Å²) in [6.45, 7) is 5.58. The van der Waals surface area contributed by atoms with Crippen LogP contribution in [-0.2, 0) is 20.7 Å². The quantitative estimate of drug-likeness (QED) is 0.661. The predicted octanol–water partition coefficient (Wildman–Crippen LogP) is 1.74. The Labute approximate surface area is 175 Å². The summed E-state index contributed by atoms with van der Waals surface area (Å²) in [4.78, 5) is 32.9. The maximum absolute atomic E-state index is 12.2. The first-order valence-corrected chi connectivity index (χ1v) is 10.7. The van der Waals surface area contributed by atoms with E-state index in [2.05, 4.69) is 27.3 Å². The molecule has 2 bridgehead atoms. The minimum absolute atomic E-state index is 0.129. The lowest BCUT2D eigenvalue weighted by Gasteiger charge is -2.28. The molecule has 2 heterocycles. The van der Waals surface area contributed by atoms with Crippen molar-refractivity contribution >= 4 is 23.6 Å². The minimum Gasteiger partial charge on any atom is -0.456 e. The van der Waals surface area contributed by atoms with Gasteiger partial charge in [-0.25, -0.2) is 4.98 Å². The molecule has 4 rings (SSSR count). The second-order valence-corrected chi connectivity index (χ2v) is 8.80. The van der Waals surface area contributed by atoms with E-state index in [9.17, 15) is 9.59 Å². The van der Waals surface area contributed by atoms with Gasteiger partial charge in [-0.1, -0.05) is 6.42 Å². The van der Waals surface area contributed by atoms with Crippen molar-refractivity contribution in [1.82, 2.24) is 24.9 Å². The fourth-order valence-electron chi connectivity index (χ4n) is 5.34. The lowest BCUT2D eigenvalue weighted by atomic mass is 9.84. The van der Waals surface area contributed by atoms with Crippen LogP contribution in [0.5, 0.6) is 0 Å². The SMILES string of the molecule is Cc1nc2nc(N)nn2c(C)c1CCC(=O)OCC(=O)N[C@@H](C)[C@H]1C[C@H]2CC[C@H]1C2. The monoisotopic (exact) mass is 414 g/mol. The number of ether oxygens (including phenoxy) is 1. The summed E-state index contributed by atoms with van der Waals surface area (Å²) < 4.78 is 6.77. The molecule has 4 atom stereocenters. The number of aryl methyl sites for hydroxylation is 2. The Bertz CT molecular complexity index is 971. The summed E-state index contributed by atoms with van der Waals surface area (Å²) in [5.74, 6) is 2.10. The summed E-state index contributed by atoms with van der Waals surface area (Å²) in [5, 5.41) is 7.15. The number of amides is 1. The Kier molecular flexibility index (Phi) is 5.62. The molecule has 30 heavy (non-hydrogen) atoms. The molecule has 0 radical (unpaired) electrons. The second-order valence-electron chi connectivity index (χ2n) is 8.80. The van der Waals surface area contributed by atoms with Gasteiger partial charge in [-0.05, 0) is 69.8 Å². The van der Waals surface area contributed by atoms with E-state index in [-0.39, 0.29) is 30.9 Å². The summed E-state index contributed by atoms with van der Waals surface area (Å²) in [5.41, 5.74) is 8.16. The van der Waals surface area contributed by atoms with Crippen LogP contribution in [0.2, 0.25) is 0 Å². The molecule has 1 amide bonds. The van der Waals surface area contributed by atoms with Crippen LogP contribution < -0.4 is 11.1 Å². The summed E-state index contributed by atoms with van der Waals surface area (Å²) >= 11 is 0. The molecule has 9 nitrogen and oxygen atoms in total. The minimum atomic E-state index is -0.408. The Morgan fingerprint density at radius 1 is 1.27 bits per heavy atom. The van der Waals surface area contributed by atoms with Crippen molar-refractivity contribution < 1.29 is 14.3 Å². The van der Waals surface area contributed by atoms with Gasteiger partial charge >= 0.3 is 5.97 Å². The van der Waals surface area contributed by atoms with Gasteiger partial charge in [0.25, 0.3) is 11.7 Å². The zero-order valence-corrected chi connectivity index (χ0v) is 17.9. The third kappa shape index (κ3) is 4.11. The molecule has 2 aliphatic carbocycles. The van der Waals surface area contributed by atoms with Gasteiger partial charge in [-0.3, -0.25) is 9.59 Å². The molecule has 0 aromatic carbocycles. The van der Waals surface area contributed by atoms with Crippen LogP contribution in [0.4, 0.5) is 5.95 Å². The number of nitrogens with zero attached hydrogens (tertiary/aromatic N) is 4. The normalized spacial score (nSPS) is 23.6. The third-order valence-electron chi connectivity index (χ3n) is 6.83. The predicted molar refractivity (Wildman–Crippen MR) is 110 cm³/mol. The van der Waals surface area contributed by atoms with Crippen molar-refractivity contribution in [2.45, 2.75) is 65.3 Å². The average Bonchev–Trinajstić information content (AvgIpc) is 3.41. The third-order valence-corrected chi connectivity index (χ3v) is 6.83. The van der Waals surface area contributed by atoms with E-state index in [0.717, 1.165) is 28.8 Å². The number of esters is 1. The van der Waals surface area contributed by atoms with Crippen LogP contribution in [0.3, 0.4) is 0 Å². The number of nitrogens with one attached hydrogen (secondary N) is 1. The molecule has 0 aliphatic heterocycles. The molecule has 9 heteroatoms. The van der Waals surface area contributed by atoms with Crippen molar-refractivity contribution in [3.63, 3.8) is 0 Å². The van der Waals surface area contributed by atoms with Gasteiger partial charge < -0.3 is 15.8 Å². The molecule has 2 fully saturated rings. The number of nitrogen functional groups attached to an aromatic ring is 1. The fraction of sp³-hybridized carbons (Fsp3) is 0.667. The smallest absolute Gasteiger partial charge is 0.306 e. The molecule has 3 N–H and O–H groups in total. The van der Waals surface area contributed by atoms with Crippen molar-refractivity contribution in [2.75, 3.05) is 12.3 Å². The van der Waals surface area contributed by atoms with Gasteiger partial charge in [0.1, 0.15) is 0 Å². The van der Waals surface area contributed by atoms with Crippen LogP contribution in [0, 0.1) is 31.6 Å². The molecule has 2 aromatic heterocycles. The fourth-order valence-corrected chi connectivity index (χ4v) is 5.34. The van der Waals surface area contributed by atoms with E-state index < -0.39 is 5.97 Å². The molecule has 0 spiro atoms. The Balaban J connectivity index is 1.25. The number of rotatable bonds is 7. The number of hydrogen-bond acceptors (Lipinski definition) is 7. The van der Waals surface area contributed by atoms with E-state index in [1.54, 1.807) is 4.52 Å².